The second-order valence-corrected chi connectivity index (χ2v) is 7.31. The number of aromatic nitrogens is 4. The first-order valence-electron chi connectivity index (χ1n) is 7.72. The molecule has 21 heavy (non-hydrogen) atoms. The molecule has 1 aliphatic carbocycles. The van der Waals surface area contributed by atoms with Crippen molar-refractivity contribution in [3.05, 3.63) is 0 Å². The van der Waals surface area contributed by atoms with E-state index in [9.17, 15) is 4.79 Å². The van der Waals surface area contributed by atoms with Gasteiger partial charge in [0.15, 0.2) is 0 Å². The van der Waals surface area contributed by atoms with Crippen LogP contribution in [0.15, 0.2) is 5.16 Å². The zero-order valence-corrected chi connectivity index (χ0v) is 14.1. The van der Waals surface area contributed by atoms with Crippen LogP contribution in [0.4, 0.5) is 0 Å². The number of rotatable bonds is 5. The van der Waals surface area contributed by atoms with E-state index in [-0.39, 0.29) is 17.2 Å². The minimum Gasteiger partial charge on any atom is -0.342 e. The molecule has 1 aromatic rings. The van der Waals surface area contributed by atoms with Crippen LogP contribution in [0.25, 0.3) is 0 Å². The lowest BCUT2D eigenvalue weighted by Crippen LogP contribution is -2.42. The summed E-state index contributed by atoms with van der Waals surface area (Å²) in [6.07, 6.45) is 6.02. The topological polar surface area (TPSA) is 63.9 Å². The number of thioether (sulfide) groups is 1. The number of nitrogens with zero attached hydrogens (tertiary/aromatic N) is 5. The molecule has 7 heteroatoms. The van der Waals surface area contributed by atoms with Gasteiger partial charge in [-0.3, -0.25) is 4.79 Å². The molecule has 1 saturated carbocycles. The van der Waals surface area contributed by atoms with Gasteiger partial charge in [-0.2, -0.15) is 0 Å². The maximum Gasteiger partial charge on any atom is 0.235 e. The summed E-state index contributed by atoms with van der Waals surface area (Å²) in [5, 5.41) is 12.3. The van der Waals surface area contributed by atoms with Gasteiger partial charge in [0.1, 0.15) is 0 Å². The minimum atomic E-state index is -0.166. The van der Waals surface area contributed by atoms with E-state index in [1.165, 1.54) is 31.0 Å². The maximum absolute atomic E-state index is 12.6. The molecule has 1 atom stereocenters. The van der Waals surface area contributed by atoms with Crippen LogP contribution >= 0.6 is 11.8 Å². The summed E-state index contributed by atoms with van der Waals surface area (Å²) < 4.78 is 1.76. The number of carbonyl (C=O) groups excluding carboxylic acids is 1. The smallest absolute Gasteiger partial charge is 0.235 e. The number of hydrogen-bond acceptors (Lipinski definition) is 5. The van der Waals surface area contributed by atoms with E-state index in [1.807, 2.05) is 32.7 Å². The Hall–Kier alpha value is -1.11. The van der Waals surface area contributed by atoms with E-state index in [1.54, 1.807) is 4.68 Å². The van der Waals surface area contributed by atoms with E-state index < -0.39 is 0 Å². The first-order valence-corrected chi connectivity index (χ1v) is 8.60. The molecule has 0 N–H and O–H groups in total. The van der Waals surface area contributed by atoms with E-state index in [4.69, 9.17) is 0 Å². The van der Waals surface area contributed by atoms with Gasteiger partial charge in [0.2, 0.25) is 11.1 Å². The van der Waals surface area contributed by atoms with Gasteiger partial charge in [-0.1, -0.05) is 31.0 Å². The molecular formula is C14H25N5OS. The summed E-state index contributed by atoms with van der Waals surface area (Å²) in [5.41, 5.74) is 0. The average Bonchev–Trinajstić information content (AvgIpc) is 2.95. The molecule has 1 fully saturated rings. The van der Waals surface area contributed by atoms with Crippen molar-refractivity contribution in [2.75, 3.05) is 7.05 Å². The zero-order chi connectivity index (χ0) is 15.4. The van der Waals surface area contributed by atoms with Crippen molar-refractivity contribution in [3.63, 3.8) is 0 Å². The van der Waals surface area contributed by atoms with Crippen LogP contribution in [0.3, 0.4) is 0 Å². The monoisotopic (exact) mass is 311 g/mol. The highest BCUT2D eigenvalue weighted by molar-refractivity contribution is 8.00. The van der Waals surface area contributed by atoms with Gasteiger partial charge in [-0.15, -0.1) is 5.10 Å². The Morgan fingerprint density at radius 2 is 1.95 bits per heavy atom. The molecule has 0 radical (unpaired) electrons. The third kappa shape index (κ3) is 3.96. The Morgan fingerprint density at radius 1 is 1.29 bits per heavy atom. The predicted molar refractivity (Wildman–Crippen MR) is 83.2 cm³/mol. The van der Waals surface area contributed by atoms with Crippen LogP contribution in [0.2, 0.25) is 0 Å². The van der Waals surface area contributed by atoms with E-state index in [0.29, 0.717) is 11.2 Å². The van der Waals surface area contributed by atoms with Crippen LogP contribution < -0.4 is 0 Å². The van der Waals surface area contributed by atoms with Gasteiger partial charge in [0.05, 0.1) is 11.3 Å². The predicted octanol–water partition coefficient (Wildman–Crippen LogP) is 2.53. The van der Waals surface area contributed by atoms with E-state index in [2.05, 4.69) is 15.5 Å². The molecule has 1 aromatic heterocycles. The highest BCUT2D eigenvalue weighted by Crippen LogP contribution is 2.27. The Labute approximate surface area is 130 Å². The van der Waals surface area contributed by atoms with Crippen molar-refractivity contribution >= 4 is 17.7 Å². The van der Waals surface area contributed by atoms with Gasteiger partial charge in [-0.25, -0.2) is 4.68 Å². The number of hydrogen-bond donors (Lipinski definition) is 0. The van der Waals surface area contributed by atoms with Crippen molar-refractivity contribution in [1.29, 1.82) is 0 Å². The van der Waals surface area contributed by atoms with E-state index >= 15 is 0 Å². The molecule has 1 unspecified atom stereocenters. The van der Waals surface area contributed by atoms with Gasteiger partial charge in [0.25, 0.3) is 0 Å². The summed E-state index contributed by atoms with van der Waals surface area (Å²) in [6.45, 7) is 5.99. The standard InChI is InChI=1S/C14H25N5OS/c1-10(2)19-14(15-16-17-19)21-11(3)13(20)18(4)12-8-6-5-7-9-12/h10-12H,5-9H2,1-4H3. The van der Waals surface area contributed by atoms with Crippen molar-refractivity contribution in [3.8, 4) is 0 Å². The highest BCUT2D eigenvalue weighted by atomic mass is 32.2. The van der Waals surface area contributed by atoms with Gasteiger partial charge < -0.3 is 4.90 Å². The van der Waals surface area contributed by atoms with Crippen molar-refractivity contribution in [2.45, 2.75) is 75.4 Å². The van der Waals surface area contributed by atoms with Gasteiger partial charge in [-0.05, 0) is 44.0 Å². The molecule has 1 heterocycles. The largest absolute Gasteiger partial charge is 0.342 e. The maximum atomic E-state index is 12.6. The fraction of sp³-hybridized carbons (Fsp3) is 0.857. The highest BCUT2D eigenvalue weighted by Gasteiger charge is 2.27. The number of amides is 1. The SMILES string of the molecule is CC(Sc1nnnn1C(C)C)C(=O)N(C)C1CCCCC1. The fourth-order valence-electron chi connectivity index (χ4n) is 2.73. The lowest BCUT2D eigenvalue weighted by Gasteiger charge is -2.32. The quantitative estimate of drug-likeness (QED) is 0.782. The Balaban J connectivity index is 1.96. The molecule has 2 rings (SSSR count). The zero-order valence-electron chi connectivity index (χ0n) is 13.3. The minimum absolute atomic E-state index is 0.166. The summed E-state index contributed by atoms with van der Waals surface area (Å²) >= 11 is 1.44. The van der Waals surface area contributed by atoms with Crippen LogP contribution in [0.1, 0.15) is 58.9 Å². The van der Waals surface area contributed by atoms with E-state index in [0.717, 1.165) is 12.8 Å². The number of carbonyl (C=O) groups is 1. The molecule has 118 valence electrons. The summed E-state index contributed by atoms with van der Waals surface area (Å²) in [7, 11) is 1.93. The van der Waals surface area contributed by atoms with Crippen LogP contribution in [0, 0.1) is 0 Å². The van der Waals surface area contributed by atoms with Gasteiger partial charge >= 0.3 is 0 Å². The van der Waals surface area contributed by atoms with Crippen LogP contribution in [-0.2, 0) is 4.79 Å². The molecule has 0 aliphatic heterocycles. The molecular weight excluding hydrogens is 286 g/mol. The van der Waals surface area contributed by atoms with Crippen molar-refractivity contribution in [2.24, 2.45) is 0 Å². The molecule has 6 nitrogen and oxygen atoms in total. The van der Waals surface area contributed by atoms with Gasteiger partial charge in [0, 0.05) is 13.1 Å². The second-order valence-electron chi connectivity index (χ2n) is 6.00. The molecule has 0 saturated heterocycles. The normalized spacial score (nSPS) is 18.0. The summed E-state index contributed by atoms with van der Waals surface area (Å²) in [5.74, 6) is 0.171. The lowest BCUT2D eigenvalue weighted by atomic mass is 9.94. The molecule has 0 spiro atoms. The molecule has 0 aromatic carbocycles. The van der Waals surface area contributed by atoms with Crippen LogP contribution in [0.5, 0.6) is 0 Å². The summed E-state index contributed by atoms with van der Waals surface area (Å²) in [4.78, 5) is 14.5. The second kappa shape index (κ2) is 7.24. The van der Waals surface area contributed by atoms with Crippen LogP contribution in [-0.4, -0.2) is 49.4 Å². The Bertz CT molecular complexity index is 470. The third-order valence-corrected chi connectivity index (χ3v) is 5.09. The number of tetrazole rings is 1. The first kappa shape index (κ1) is 16.3. The Morgan fingerprint density at radius 3 is 2.57 bits per heavy atom. The first-order chi connectivity index (χ1) is 10.0. The fourth-order valence-corrected chi connectivity index (χ4v) is 3.75. The molecule has 1 aliphatic rings. The van der Waals surface area contributed by atoms with Crippen molar-refractivity contribution in [1.82, 2.24) is 25.1 Å². The third-order valence-electron chi connectivity index (χ3n) is 4.05. The summed E-state index contributed by atoms with van der Waals surface area (Å²) in [6, 6.07) is 0.594. The Kier molecular flexibility index (Phi) is 5.61. The average molecular weight is 311 g/mol. The molecule has 0 bridgehead atoms. The molecule has 1 amide bonds. The van der Waals surface area contributed by atoms with Crippen molar-refractivity contribution < 1.29 is 4.79 Å². The lowest BCUT2D eigenvalue weighted by molar-refractivity contribution is -0.131.